The molecule has 2 rings (SSSR count). The summed E-state index contributed by atoms with van der Waals surface area (Å²) < 4.78 is 14.8. The van der Waals surface area contributed by atoms with E-state index in [1.165, 1.54) is 0 Å². The van der Waals surface area contributed by atoms with Gasteiger partial charge in [0.15, 0.2) is 0 Å². The van der Waals surface area contributed by atoms with E-state index in [9.17, 15) is 0 Å². The van der Waals surface area contributed by atoms with Crippen LogP contribution in [0, 0.1) is 0 Å². The molecule has 0 radical (unpaired) electrons. The van der Waals surface area contributed by atoms with Gasteiger partial charge in [0.1, 0.15) is 0 Å². The van der Waals surface area contributed by atoms with Gasteiger partial charge in [-0.25, -0.2) is 0 Å². The molecule has 0 bridgehead atoms. The molecule has 1 heterocycles. The quantitative estimate of drug-likeness (QED) is 0.600. The first-order valence-electron chi connectivity index (χ1n) is 4.08. The minimum Gasteiger partial charge on any atom is -0.159 e. The van der Waals surface area contributed by atoms with Crippen LogP contribution in [0.4, 0.5) is 0 Å². The molecule has 11 heavy (non-hydrogen) atoms. The topological polar surface area (TPSA) is 25.8 Å². The van der Waals surface area contributed by atoms with Crippen LogP contribution in [-0.2, 0) is 0 Å². The summed E-state index contributed by atoms with van der Waals surface area (Å²) in [6.45, 7) is 0. The predicted molar refractivity (Wildman–Crippen MR) is 44.5 cm³/mol. The molecule has 0 saturated heterocycles. The fourth-order valence-corrected chi connectivity index (χ4v) is 1.10. The van der Waals surface area contributed by atoms with Crippen LogP contribution in [-0.4, -0.2) is 10.2 Å². The van der Waals surface area contributed by atoms with E-state index >= 15 is 0 Å². The van der Waals surface area contributed by atoms with Gasteiger partial charge in [-0.1, -0.05) is 17.7 Å². The highest BCUT2D eigenvalue weighted by Crippen LogP contribution is 2.19. The Morgan fingerprint density at radius 3 is 3.27 bits per heavy atom. The lowest BCUT2D eigenvalue weighted by Gasteiger charge is -1.95. The van der Waals surface area contributed by atoms with Gasteiger partial charge in [-0.05, 0) is 18.2 Å². The molecule has 0 saturated carbocycles. The Bertz CT molecular complexity index is 473. The molecule has 54 valence electrons. The zero-order chi connectivity index (χ0) is 9.42. The molecule has 3 heteroatoms. The van der Waals surface area contributed by atoms with Crippen LogP contribution in [0.15, 0.2) is 30.4 Å². The Balaban J connectivity index is 2.97. The van der Waals surface area contributed by atoms with Crippen molar-refractivity contribution in [1.29, 1.82) is 0 Å². The third-order valence-corrected chi connectivity index (χ3v) is 1.70. The van der Waals surface area contributed by atoms with Gasteiger partial charge in [0, 0.05) is 5.39 Å². The minimum absolute atomic E-state index is 0.0237. The van der Waals surface area contributed by atoms with Crippen LogP contribution in [0.1, 0.15) is 2.74 Å². The van der Waals surface area contributed by atoms with Crippen molar-refractivity contribution in [2.24, 2.45) is 0 Å². The summed E-state index contributed by atoms with van der Waals surface area (Å²) in [4.78, 5) is 0. The summed E-state index contributed by atoms with van der Waals surface area (Å²) >= 11 is 5.86. The van der Waals surface area contributed by atoms with Crippen molar-refractivity contribution in [1.82, 2.24) is 10.2 Å². The van der Waals surface area contributed by atoms with E-state index in [4.69, 9.17) is 14.3 Å². The van der Waals surface area contributed by atoms with Gasteiger partial charge in [0.2, 0.25) is 0 Å². The van der Waals surface area contributed by atoms with E-state index in [2.05, 4.69) is 10.2 Å². The monoisotopic (exact) mass is 166 g/mol. The van der Waals surface area contributed by atoms with E-state index < -0.39 is 0 Å². The lowest BCUT2D eigenvalue weighted by Crippen LogP contribution is -1.81. The summed E-state index contributed by atoms with van der Waals surface area (Å²) in [5.74, 6) is 0. The summed E-state index contributed by atoms with van der Waals surface area (Å²) in [7, 11) is 0. The Kier molecular flexibility index (Phi) is 1.05. The largest absolute Gasteiger partial charge is 0.159 e. The Labute approximate surface area is 71.6 Å². The third-order valence-electron chi connectivity index (χ3n) is 1.38. The molecule has 0 atom stereocenters. The average Bonchev–Trinajstić information content (AvgIpc) is 2.12. The summed E-state index contributed by atoms with van der Waals surface area (Å²) in [5, 5.41) is 8.20. The van der Waals surface area contributed by atoms with Crippen molar-refractivity contribution < 1.29 is 2.74 Å². The zero-order valence-corrected chi connectivity index (χ0v) is 6.26. The van der Waals surface area contributed by atoms with Crippen LogP contribution in [0.25, 0.3) is 10.9 Å². The number of aromatic nitrogens is 2. The van der Waals surface area contributed by atoms with Crippen molar-refractivity contribution in [2.45, 2.75) is 0 Å². The lowest BCUT2D eigenvalue weighted by molar-refractivity contribution is 1.08. The predicted octanol–water partition coefficient (Wildman–Crippen LogP) is 2.28. The van der Waals surface area contributed by atoms with E-state index in [0.717, 1.165) is 0 Å². The standard InChI is InChI=1S/C8H5ClN2/c9-7-2-1-3-8-6(7)4-5-10-11-8/h1-5H/i4D,5D. The van der Waals surface area contributed by atoms with Gasteiger partial charge in [-0.3, -0.25) is 0 Å². The lowest BCUT2D eigenvalue weighted by atomic mass is 10.2. The number of hydrogen-bond acceptors (Lipinski definition) is 2. The Morgan fingerprint density at radius 2 is 2.36 bits per heavy atom. The first-order valence-corrected chi connectivity index (χ1v) is 3.46. The van der Waals surface area contributed by atoms with E-state index in [-0.39, 0.29) is 12.2 Å². The number of hydrogen-bond donors (Lipinski definition) is 0. The third kappa shape index (κ3) is 1.05. The van der Waals surface area contributed by atoms with Crippen LogP contribution in [0.3, 0.4) is 0 Å². The van der Waals surface area contributed by atoms with Crippen molar-refractivity contribution in [3.63, 3.8) is 0 Å². The van der Waals surface area contributed by atoms with Crippen molar-refractivity contribution in [2.75, 3.05) is 0 Å². The van der Waals surface area contributed by atoms with Gasteiger partial charge in [0.05, 0.1) is 19.5 Å². The maximum atomic E-state index is 7.55. The molecule has 0 aliphatic carbocycles. The SMILES string of the molecule is [2H]c1nnc2cccc(Cl)c2c1[2H]. The fraction of sp³-hybridized carbons (Fsp3) is 0. The molecule has 0 N–H and O–H groups in total. The number of halogens is 1. The molecule has 0 aliphatic heterocycles. The van der Waals surface area contributed by atoms with E-state index in [0.29, 0.717) is 15.9 Å². The minimum atomic E-state index is -0.152. The van der Waals surface area contributed by atoms with Gasteiger partial charge in [0.25, 0.3) is 0 Å². The highest BCUT2D eigenvalue weighted by Gasteiger charge is 1.96. The van der Waals surface area contributed by atoms with Gasteiger partial charge >= 0.3 is 0 Å². The first-order chi connectivity index (χ1) is 6.20. The molecule has 0 spiro atoms. The molecule has 1 aromatic heterocycles. The van der Waals surface area contributed by atoms with Crippen molar-refractivity contribution in [3.8, 4) is 0 Å². The second-order valence-electron chi connectivity index (χ2n) is 2.07. The summed E-state index contributed by atoms with van der Waals surface area (Å²) in [6.07, 6.45) is -0.152. The molecule has 1 aromatic carbocycles. The number of rotatable bonds is 0. The van der Waals surface area contributed by atoms with Crippen molar-refractivity contribution >= 4 is 22.5 Å². The average molecular weight is 167 g/mol. The highest BCUT2D eigenvalue weighted by atomic mass is 35.5. The molecular formula is C8H5ClN2. The second-order valence-corrected chi connectivity index (χ2v) is 2.48. The Hall–Kier alpha value is -1.15. The van der Waals surface area contributed by atoms with Gasteiger partial charge in [-0.15, -0.1) is 0 Å². The summed E-state index contributed by atoms with van der Waals surface area (Å²) in [6, 6.07) is 5.15. The maximum Gasteiger partial charge on any atom is 0.0944 e. The van der Waals surface area contributed by atoms with Crippen LogP contribution < -0.4 is 0 Å². The number of fused-ring (bicyclic) bond motifs is 1. The summed E-state index contributed by atoms with van der Waals surface area (Å²) in [5.41, 5.74) is 0.550. The van der Waals surface area contributed by atoms with Crippen LogP contribution in [0.2, 0.25) is 5.02 Å². The molecule has 0 aliphatic rings. The maximum absolute atomic E-state index is 7.55. The molecule has 2 nitrogen and oxygen atoms in total. The normalized spacial score (nSPS) is 12.8. The fourth-order valence-electron chi connectivity index (χ4n) is 0.880. The van der Waals surface area contributed by atoms with Gasteiger partial charge in [-0.2, -0.15) is 10.2 Å². The highest BCUT2D eigenvalue weighted by molar-refractivity contribution is 6.35. The zero-order valence-electron chi connectivity index (χ0n) is 7.50. The van der Waals surface area contributed by atoms with Gasteiger partial charge < -0.3 is 0 Å². The van der Waals surface area contributed by atoms with E-state index in [1.54, 1.807) is 18.2 Å². The molecular weight excluding hydrogens is 160 g/mol. The molecule has 0 amide bonds. The number of nitrogens with zero attached hydrogens (tertiary/aromatic N) is 2. The smallest absolute Gasteiger partial charge is 0.0944 e. The second kappa shape index (κ2) is 2.47. The van der Waals surface area contributed by atoms with Crippen LogP contribution >= 0.6 is 11.6 Å². The van der Waals surface area contributed by atoms with E-state index in [1.807, 2.05) is 0 Å². The van der Waals surface area contributed by atoms with Crippen molar-refractivity contribution in [3.05, 3.63) is 35.4 Å². The molecule has 0 unspecified atom stereocenters. The molecule has 2 aromatic rings. The Morgan fingerprint density at radius 1 is 1.45 bits per heavy atom. The first kappa shape index (κ1) is 4.67. The van der Waals surface area contributed by atoms with Crippen LogP contribution in [0.5, 0.6) is 0 Å². The molecule has 0 fully saturated rings. The number of benzene rings is 1.